The van der Waals surface area contributed by atoms with Crippen LogP contribution in [0.1, 0.15) is 188 Å². The minimum Gasteiger partial charge on any atom is -0.462 e. The zero-order valence-corrected chi connectivity index (χ0v) is 46.6. The van der Waals surface area contributed by atoms with Gasteiger partial charge in [-0.3, -0.25) is 23.4 Å². The number of phosphoric acid groups is 1. The lowest BCUT2D eigenvalue weighted by molar-refractivity contribution is -0.161. The van der Waals surface area contributed by atoms with Gasteiger partial charge in [0.2, 0.25) is 0 Å². The molecule has 0 spiro atoms. The highest BCUT2D eigenvalue weighted by molar-refractivity contribution is 7.47. The van der Waals surface area contributed by atoms with Gasteiger partial charge in [-0.1, -0.05) is 179 Å². The van der Waals surface area contributed by atoms with Crippen LogP contribution in [0.4, 0.5) is 0 Å². The van der Waals surface area contributed by atoms with Crippen LogP contribution in [0.5, 0.6) is 0 Å². The Hall–Kier alpha value is -4.64. The largest absolute Gasteiger partial charge is 0.472 e. The summed E-state index contributed by atoms with van der Waals surface area (Å²) < 4.78 is 39.4. The molecule has 0 aromatic rings. The molecule has 0 heterocycles. The second-order valence-electron chi connectivity index (χ2n) is 17.6. The molecule has 3 unspecified atom stereocenters. The molecule has 0 saturated carbocycles. The van der Waals surface area contributed by atoms with Gasteiger partial charge in [-0.25, -0.2) is 4.57 Å². The van der Waals surface area contributed by atoms with Gasteiger partial charge in [-0.15, -0.1) is 0 Å². The van der Waals surface area contributed by atoms with Gasteiger partial charge in [-0.05, 0) is 135 Å². The number of hydrogen-bond acceptors (Lipinski definition) is 10. The van der Waals surface area contributed by atoms with Crippen molar-refractivity contribution < 1.29 is 52.2 Å². The van der Waals surface area contributed by atoms with Crippen molar-refractivity contribution in [1.82, 2.24) is 0 Å². The number of unbranched alkanes of at least 4 members (excludes halogenated alkanes) is 8. The van der Waals surface area contributed by atoms with Crippen LogP contribution < -0.4 is 0 Å². The van der Waals surface area contributed by atoms with Gasteiger partial charge in [0, 0.05) is 19.3 Å². The predicted molar refractivity (Wildman–Crippen MR) is 306 cm³/mol. The number of aliphatic hydroxyl groups is 1. The summed E-state index contributed by atoms with van der Waals surface area (Å²) in [6, 6.07) is 0. The van der Waals surface area contributed by atoms with E-state index in [1.807, 2.05) is 0 Å². The van der Waals surface area contributed by atoms with Crippen LogP contribution in [0.25, 0.3) is 0 Å². The van der Waals surface area contributed by atoms with E-state index < -0.39 is 57.8 Å². The first kappa shape index (κ1) is 69.4. The molecule has 0 aliphatic heterocycles. The zero-order valence-electron chi connectivity index (χ0n) is 45.7. The van der Waals surface area contributed by atoms with Gasteiger partial charge in [0.1, 0.15) is 12.7 Å². The second-order valence-corrected chi connectivity index (χ2v) is 19.1. The third-order valence-electron chi connectivity index (χ3n) is 10.7. The molecule has 3 atom stereocenters. The summed E-state index contributed by atoms with van der Waals surface area (Å²) in [6.07, 6.45) is 69.6. The number of rotatable bonds is 49. The standard InChI is InChI=1S/C62H97O11P/c1-4-7-10-13-16-19-22-25-28-29-32-35-38-41-44-47-50-53-62(66)73-59(55-69-60(64)51-48-45-42-39-36-33-30-26-23-20-17-14-11-8-5-2)57-71-74(67,68)70-56-58(54-63)72-61(65)52-49-46-43-40-37-34-31-27-24-21-18-15-12-9-6-3/h7-12,16-21,25-28,30-32,35-37,39-40,58-59,63H,4-6,13-15,22-24,29,33-34,38,41-57H2,1-3H3,(H,67,68)/b10-7-,11-8-,12-9-,19-16-,20-17-,21-18-,28-25-,30-26-,31-27-,35-32-,39-36-,40-37-. The van der Waals surface area contributed by atoms with Crippen LogP contribution in [0, 0.1) is 0 Å². The predicted octanol–water partition coefficient (Wildman–Crippen LogP) is 16.4. The van der Waals surface area contributed by atoms with Crippen molar-refractivity contribution in [2.75, 3.05) is 26.4 Å². The van der Waals surface area contributed by atoms with E-state index in [-0.39, 0.29) is 25.9 Å². The van der Waals surface area contributed by atoms with E-state index in [0.717, 1.165) is 128 Å². The van der Waals surface area contributed by atoms with Crippen molar-refractivity contribution in [1.29, 1.82) is 0 Å². The van der Waals surface area contributed by atoms with Crippen molar-refractivity contribution >= 4 is 25.7 Å². The van der Waals surface area contributed by atoms with Gasteiger partial charge in [-0.2, -0.15) is 0 Å². The Morgan fingerprint density at radius 2 is 0.662 bits per heavy atom. The van der Waals surface area contributed by atoms with E-state index in [9.17, 15) is 28.9 Å². The number of esters is 3. The molecule has 416 valence electrons. The molecule has 0 aliphatic carbocycles. The second kappa shape index (κ2) is 54.6. The third-order valence-corrected chi connectivity index (χ3v) is 11.7. The number of allylic oxidation sites excluding steroid dienone is 24. The highest BCUT2D eigenvalue weighted by Gasteiger charge is 2.28. The molecule has 0 aliphatic rings. The molecule has 11 nitrogen and oxygen atoms in total. The number of hydrogen-bond donors (Lipinski definition) is 2. The van der Waals surface area contributed by atoms with Gasteiger partial charge in [0.05, 0.1) is 19.8 Å². The fraction of sp³-hybridized carbons (Fsp3) is 0.565. The Balaban J connectivity index is 4.90. The quantitative estimate of drug-likeness (QED) is 0.0197. The first-order valence-electron chi connectivity index (χ1n) is 27.7. The topological polar surface area (TPSA) is 155 Å². The molecule has 2 N–H and O–H groups in total. The van der Waals surface area contributed by atoms with E-state index in [1.165, 1.54) is 0 Å². The summed E-state index contributed by atoms with van der Waals surface area (Å²) in [5.74, 6) is -1.61. The lowest BCUT2D eigenvalue weighted by Crippen LogP contribution is -2.30. The summed E-state index contributed by atoms with van der Waals surface area (Å²) in [7, 11) is -4.79. The summed E-state index contributed by atoms with van der Waals surface area (Å²) >= 11 is 0. The van der Waals surface area contributed by atoms with Gasteiger partial charge < -0.3 is 24.2 Å². The molecular weight excluding hydrogens is 952 g/mol. The summed E-state index contributed by atoms with van der Waals surface area (Å²) in [5.41, 5.74) is 0. The average Bonchev–Trinajstić information content (AvgIpc) is 3.39. The molecule has 0 amide bonds. The van der Waals surface area contributed by atoms with Crippen LogP contribution in [0.15, 0.2) is 146 Å². The number of carbonyl (C=O) groups is 3. The van der Waals surface area contributed by atoms with Crippen molar-refractivity contribution in [3.63, 3.8) is 0 Å². The summed E-state index contributed by atoms with van der Waals surface area (Å²) in [5, 5.41) is 9.80. The van der Waals surface area contributed by atoms with E-state index in [2.05, 4.69) is 167 Å². The monoisotopic (exact) mass is 1050 g/mol. The Labute approximate surface area is 448 Å². The summed E-state index contributed by atoms with van der Waals surface area (Å²) in [6.45, 7) is 4.14. The molecule has 0 aromatic carbocycles. The zero-order chi connectivity index (χ0) is 54.1. The van der Waals surface area contributed by atoms with E-state index in [4.69, 9.17) is 23.3 Å². The molecule has 0 rings (SSSR count). The highest BCUT2D eigenvalue weighted by atomic mass is 31.2. The van der Waals surface area contributed by atoms with Crippen LogP contribution in [-0.2, 0) is 42.2 Å². The van der Waals surface area contributed by atoms with E-state index in [0.29, 0.717) is 19.3 Å². The molecule has 0 radical (unpaired) electrons. The number of aliphatic hydroxyl groups excluding tert-OH is 1. The Kier molecular flexibility index (Phi) is 51.2. The van der Waals surface area contributed by atoms with Crippen molar-refractivity contribution in [3.8, 4) is 0 Å². The molecular formula is C62H97O11P. The molecule has 12 heteroatoms. The Morgan fingerprint density at radius 3 is 1.03 bits per heavy atom. The fourth-order valence-corrected chi connectivity index (χ4v) is 7.40. The average molecular weight is 1050 g/mol. The number of carbonyl (C=O) groups excluding carboxylic acids is 3. The minimum atomic E-state index is -4.79. The van der Waals surface area contributed by atoms with Gasteiger partial charge in [0.25, 0.3) is 0 Å². The van der Waals surface area contributed by atoms with Crippen LogP contribution >= 0.6 is 7.82 Å². The number of phosphoric ester groups is 1. The molecule has 0 aromatic heterocycles. The van der Waals surface area contributed by atoms with Crippen LogP contribution in [0.3, 0.4) is 0 Å². The lowest BCUT2D eigenvalue weighted by Gasteiger charge is -2.21. The normalized spacial score (nSPS) is 14.5. The SMILES string of the molecule is CC/C=C\C/C=C\C/C=C\C/C=C\CCCCCCC(=O)OC(COC(=O)CCCC/C=C\C/C=C\C/C=C\C/C=C\CC)COP(=O)(O)OCC(CO)OC(=O)CCCC/C=C\C/C=C\C/C=C\C/C=C\CC. The smallest absolute Gasteiger partial charge is 0.462 e. The van der Waals surface area contributed by atoms with Crippen LogP contribution in [-0.4, -0.2) is 66.5 Å². The van der Waals surface area contributed by atoms with Crippen molar-refractivity contribution in [2.24, 2.45) is 0 Å². The maximum absolute atomic E-state index is 12.9. The molecule has 0 fully saturated rings. The molecule has 74 heavy (non-hydrogen) atoms. The minimum absolute atomic E-state index is 0.112. The summed E-state index contributed by atoms with van der Waals surface area (Å²) in [4.78, 5) is 48.5. The Morgan fingerprint density at radius 1 is 0.378 bits per heavy atom. The first-order valence-corrected chi connectivity index (χ1v) is 29.2. The van der Waals surface area contributed by atoms with E-state index in [1.54, 1.807) is 0 Å². The third kappa shape index (κ3) is 52.2. The van der Waals surface area contributed by atoms with Crippen LogP contribution in [0.2, 0.25) is 0 Å². The van der Waals surface area contributed by atoms with E-state index >= 15 is 0 Å². The van der Waals surface area contributed by atoms with Gasteiger partial charge in [0.15, 0.2) is 6.10 Å². The number of ether oxygens (including phenoxy) is 3. The highest BCUT2D eigenvalue weighted by Crippen LogP contribution is 2.43. The first-order chi connectivity index (χ1) is 36.2. The maximum Gasteiger partial charge on any atom is 0.472 e. The Bertz CT molecular complexity index is 1800. The molecule has 0 saturated heterocycles. The lowest BCUT2D eigenvalue weighted by atomic mass is 10.1. The fourth-order valence-electron chi connectivity index (χ4n) is 6.62. The van der Waals surface area contributed by atoms with Crippen molar-refractivity contribution in [2.45, 2.75) is 200 Å². The maximum atomic E-state index is 12.9. The molecule has 0 bridgehead atoms. The van der Waals surface area contributed by atoms with Gasteiger partial charge >= 0.3 is 25.7 Å². The van der Waals surface area contributed by atoms with Crippen molar-refractivity contribution in [3.05, 3.63) is 146 Å².